The fourth-order valence-electron chi connectivity index (χ4n) is 2.26. The zero-order valence-corrected chi connectivity index (χ0v) is 11.1. The van der Waals surface area contributed by atoms with Crippen LogP contribution in [0.25, 0.3) is 0 Å². The van der Waals surface area contributed by atoms with Gasteiger partial charge >= 0.3 is 0 Å². The molecule has 15 heavy (non-hydrogen) atoms. The Labute approximate surface area is 98.2 Å². The summed E-state index contributed by atoms with van der Waals surface area (Å²) < 4.78 is 0. The molecule has 1 saturated carbocycles. The summed E-state index contributed by atoms with van der Waals surface area (Å²) in [6.07, 6.45) is 7.81. The highest BCUT2D eigenvalue weighted by atomic mass is 32.2. The number of nitrogens with one attached hydrogen (secondary N) is 1. The van der Waals surface area contributed by atoms with E-state index in [-0.39, 0.29) is 0 Å². The Morgan fingerprint density at radius 2 is 2.00 bits per heavy atom. The quantitative estimate of drug-likeness (QED) is 0.736. The van der Waals surface area contributed by atoms with E-state index in [9.17, 15) is 5.11 Å². The van der Waals surface area contributed by atoms with Crippen LogP contribution in [0.3, 0.4) is 0 Å². The summed E-state index contributed by atoms with van der Waals surface area (Å²) in [6, 6.07) is 0.615. The van der Waals surface area contributed by atoms with Crippen molar-refractivity contribution in [1.29, 1.82) is 0 Å². The second-order valence-corrected chi connectivity index (χ2v) is 5.70. The maximum absolute atomic E-state index is 10.2. The third-order valence-corrected chi connectivity index (χ3v) is 4.93. The molecule has 2 nitrogen and oxygen atoms in total. The van der Waals surface area contributed by atoms with Crippen LogP contribution < -0.4 is 5.32 Å². The minimum Gasteiger partial charge on any atom is -0.389 e. The summed E-state index contributed by atoms with van der Waals surface area (Å²) in [7, 11) is 0. The summed E-state index contributed by atoms with van der Waals surface area (Å²) in [4.78, 5) is 0. The third-order valence-electron chi connectivity index (χ3n) is 3.76. The van der Waals surface area contributed by atoms with Gasteiger partial charge in [0.2, 0.25) is 0 Å². The Morgan fingerprint density at radius 3 is 2.53 bits per heavy atom. The minimum atomic E-state index is -0.494. The molecule has 0 amide bonds. The van der Waals surface area contributed by atoms with E-state index in [4.69, 9.17) is 0 Å². The lowest BCUT2D eigenvalue weighted by Crippen LogP contribution is -2.45. The molecule has 2 unspecified atom stereocenters. The zero-order chi connectivity index (χ0) is 11.3. The highest BCUT2D eigenvalue weighted by molar-refractivity contribution is 7.99. The number of hydrogen-bond donors (Lipinski definition) is 2. The zero-order valence-electron chi connectivity index (χ0n) is 10.3. The lowest BCUT2D eigenvalue weighted by Gasteiger charge is -2.29. The van der Waals surface area contributed by atoms with Crippen molar-refractivity contribution in [3.63, 3.8) is 0 Å². The second-order valence-electron chi connectivity index (χ2n) is 4.62. The van der Waals surface area contributed by atoms with Crippen LogP contribution in [0.4, 0.5) is 0 Å². The maximum atomic E-state index is 10.2. The maximum Gasteiger partial charge on any atom is 0.0766 e. The van der Waals surface area contributed by atoms with Crippen LogP contribution in [-0.2, 0) is 0 Å². The molecule has 1 rings (SSSR count). The fraction of sp³-hybridized carbons (Fsp3) is 1.00. The molecule has 3 heteroatoms. The molecule has 1 fully saturated rings. The molecule has 1 aliphatic carbocycles. The topological polar surface area (TPSA) is 32.3 Å². The van der Waals surface area contributed by atoms with Gasteiger partial charge in [-0.3, -0.25) is 0 Å². The molecule has 0 aliphatic heterocycles. The third kappa shape index (κ3) is 3.65. The molecule has 2 atom stereocenters. The van der Waals surface area contributed by atoms with Gasteiger partial charge in [0.05, 0.1) is 5.60 Å². The van der Waals surface area contributed by atoms with Gasteiger partial charge in [-0.1, -0.05) is 20.3 Å². The Bertz CT molecular complexity index is 182. The van der Waals surface area contributed by atoms with Gasteiger partial charge in [0.1, 0.15) is 0 Å². The highest BCUT2D eigenvalue weighted by Gasteiger charge is 2.29. The normalized spacial score (nSPS) is 27.2. The number of aliphatic hydroxyl groups is 1. The Hall–Kier alpha value is 0.270. The van der Waals surface area contributed by atoms with E-state index in [0.29, 0.717) is 6.04 Å². The molecular formula is C12H25NOS. The minimum absolute atomic E-state index is 0.494. The van der Waals surface area contributed by atoms with Crippen LogP contribution in [0, 0.1) is 0 Å². The van der Waals surface area contributed by atoms with Gasteiger partial charge in [-0.2, -0.15) is 11.8 Å². The molecule has 1 aliphatic rings. The summed E-state index contributed by atoms with van der Waals surface area (Å²) in [5.74, 6) is 0. The molecule has 0 radical (unpaired) electrons. The van der Waals surface area contributed by atoms with Crippen LogP contribution in [0.5, 0.6) is 0 Å². The molecular weight excluding hydrogens is 206 g/mol. The van der Waals surface area contributed by atoms with Gasteiger partial charge in [0.15, 0.2) is 0 Å². The lowest BCUT2D eigenvalue weighted by atomic mass is 9.97. The Kier molecular flexibility index (Phi) is 5.44. The molecule has 0 aromatic carbocycles. The molecule has 0 bridgehead atoms. The predicted octanol–water partition coefficient (Wildman–Crippen LogP) is 2.41. The van der Waals surface area contributed by atoms with Crippen LogP contribution in [0.15, 0.2) is 0 Å². The average Bonchev–Trinajstić information content (AvgIpc) is 2.73. The first kappa shape index (κ1) is 13.3. The smallest absolute Gasteiger partial charge is 0.0766 e. The van der Waals surface area contributed by atoms with Gasteiger partial charge in [-0.05, 0) is 31.9 Å². The van der Waals surface area contributed by atoms with Crippen molar-refractivity contribution in [2.45, 2.75) is 62.8 Å². The fourth-order valence-corrected chi connectivity index (χ4v) is 3.23. The SMILES string of the molecule is CCC(O)(CC)CNC1CCCC1SC. The molecule has 2 N–H and O–H groups in total. The second kappa shape index (κ2) is 6.12. The van der Waals surface area contributed by atoms with E-state index in [1.165, 1.54) is 19.3 Å². The van der Waals surface area contributed by atoms with Crippen LogP contribution in [-0.4, -0.2) is 34.8 Å². The monoisotopic (exact) mass is 231 g/mol. The van der Waals surface area contributed by atoms with Crippen molar-refractivity contribution in [3.8, 4) is 0 Å². The summed E-state index contributed by atoms with van der Waals surface area (Å²) >= 11 is 1.96. The van der Waals surface area contributed by atoms with Gasteiger partial charge in [-0.15, -0.1) is 0 Å². The highest BCUT2D eigenvalue weighted by Crippen LogP contribution is 2.28. The predicted molar refractivity (Wildman–Crippen MR) is 68.5 cm³/mol. The van der Waals surface area contributed by atoms with E-state index >= 15 is 0 Å². The van der Waals surface area contributed by atoms with Crippen molar-refractivity contribution in [1.82, 2.24) is 5.32 Å². The van der Waals surface area contributed by atoms with E-state index in [2.05, 4.69) is 25.4 Å². The number of hydrogen-bond acceptors (Lipinski definition) is 3. The molecule has 0 saturated heterocycles. The van der Waals surface area contributed by atoms with Crippen molar-refractivity contribution < 1.29 is 5.11 Å². The van der Waals surface area contributed by atoms with E-state index in [1.807, 2.05) is 11.8 Å². The Morgan fingerprint density at radius 1 is 1.33 bits per heavy atom. The standard InChI is InChI=1S/C12H25NOS/c1-4-12(14,5-2)9-13-10-7-6-8-11(10)15-3/h10-11,13-14H,4-9H2,1-3H3. The van der Waals surface area contributed by atoms with E-state index in [1.54, 1.807) is 0 Å². The largest absolute Gasteiger partial charge is 0.389 e. The van der Waals surface area contributed by atoms with Crippen LogP contribution in [0.1, 0.15) is 46.0 Å². The first-order chi connectivity index (χ1) is 7.15. The van der Waals surface area contributed by atoms with Gasteiger partial charge in [0, 0.05) is 17.8 Å². The van der Waals surface area contributed by atoms with Crippen molar-refractivity contribution >= 4 is 11.8 Å². The molecule has 0 spiro atoms. The molecule has 0 aromatic rings. The van der Waals surface area contributed by atoms with Crippen molar-refractivity contribution in [2.24, 2.45) is 0 Å². The first-order valence-corrected chi connectivity index (χ1v) is 7.42. The summed E-state index contributed by atoms with van der Waals surface area (Å²) in [6.45, 7) is 4.87. The summed E-state index contributed by atoms with van der Waals surface area (Å²) in [5, 5.41) is 14.5. The molecule has 90 valence electrons. The van der Waals surface area contributed by atoms with Crippen LogP contribution in [0.2, 0.25) is 0 Å². The molecule has 0 aromatic heterocycles. The summed E-state index contributed by atoms with van der Waals surface area (Å²) in [5.41, 5.74) is -0.494. The first-order valence-electron chi connectivity index (χ1n) is 6.13. The lowest BCUT2D eigenvalue weighted by molar-refractivity contribution is 0.0302. The van der Waals surface area contributed by atoms with Crippen LogP contribution >= 0.6 is 11.8 Å². The van der Waals surface area contributed by atoms with E-state index < -0.39 is 5.60 Å². The number of thioether (sulfide) groups is 1. The number of rotatable bonds is 6. The van der Waals surface area contributed by atoms with Gasteiger partial charge < -0.3 is 10.4 Å². The van der Waals surface area contributed by atoms with Crippen molar-refractivity contribution in [3.05, 3.63) is 0 Å². The molecule has 0 heterocycles. The average molecular weight is 231 g/mol. The van der Waals surface area contributed by atoms with Crippen molar-refractivity contribution in [2.75, 3.05) is 12.8 Å². The van der Waals surface area contributed by atoms with Gasteiger partial charge in [-0.25, -0.2) is 0 Å². The van der Waals surface area contributed by atoms with E-state index in [0.717, 1.165) is 24.6 Å². The Balaban J connectivity index is 2.35. The van der Waals surface area contributed by atoms with Gasteiger partial charge in [0.25, 0.3) is 0 Å².